The molecule has 0 amide bonds. The summed E-state index contributed by atoms with van der Waals surface area (Å²) >= 11 is 0. The van der Waals surface area contributed by atoms with Gasteiger partial charge in [-0.25, -0.2) is 23.4 Å². The van der Waals surface area contributed by atoms with E-state index in [-0.39, 0.29) is 11.8 Å². The van der Waals surface area contributed by atoms with Gasteiger partial charge in [-0.05, 0) is 50.1 Å². The summed E-state index contributed by atoms with van der Waals surface area (Å²) in [4.78, 5) is 12.9. The van der Waals surface area contributed by atoms with Crippen molar-refractivity contribution in [2.24, 2.45) is 0 Å². The maximum Gasteiger partial charge on any atom is 0.243 e. The van der Waals surface area contributed by atoms with Crippen LogP contribution in [0, 0.1) is 13.8 Å². The number of ether oxygens (including phenoxy) is 2. The molecule has 2 atom stereocenters. The van der Waals surface area contributed by atoms with Gasteiger partial charge in [-0.3, -0.25) is 9.29 Å². The number of anilines is 1. The number of methoxy groups -OCH3 is 2. The molecule has 0 aliphatic carbocycles. The van der Waals surface area contributed by atoms with E-state index in [2.05, 4.69) is 29.9 Å². The molecule has 188 valence electrons. The quantitative estimate of drug-likeness (QED) is 0.361. The van der Waals surface area contributed by atoms with E-state index in [9.17, 15) is 8.42 Å². The third-order valence-electron chi connectivity index (χ3n) is 5.54. The number of pyridine rings is 1. The van der Waals surface area contributed by atoms with E-state index in [4.69, 9.17) is 9.47 Å². The first kappa shape index (κ1) is 25.2. The fourth-order valence-electron chi connectivity index (χ4n) is 3.62. The number of rotatable bonds is 9. The molecular formula is C24H27N7O4S. The maximum absolute atomic E-state index is 13.5. The van der Waals surface area contributed by atoms with Crippen molar-refractivity contribution in [3.8, 4) is 23.1 Å². The van der Waals surface area contributed by atoms with Gasteiger partial charge in [-0.2, -0.15) is 0 Å². The first-order valence-corrected chi connectivity index (χ1v) is 12.6. The van der Waals surface area contributed by atoms with E-state index in [0.717, 1.165) is 11.1 Å². The first-order valence-electron chi connectivity index (χ1n) is 11.1. The van der Waals surface area contributed by atoms with E-state index >= 15 is 0 Å². The van der Waals surface area contributed by atoms with Crippen molar-refractivity contribution >= 4 is 16.0 Å². The Labute approximate surface area is 209 Å². The molecule has 0 radical (unpaired) electrons. The Morgan fingerprint density at radius 1 is 0.972 bits per heavy atom. The first-order chi connectivity index (χ1) is 17.2. The second-order valence-corrected chi connectivity index (χ2v) is 10.3. The maximum atomic E-state index is 13.5. The van der Waals surface area contributed by atoms with Crippen LogP contribution in [0.2, 0.25) is 0 Å². The molecule has 0 aliphatic rings. The number of benzene rings is 1. The minimum Gasteiger partial charge on any atom is -0.481 e. The molecule has 3 heterocycles. The largest absolute Gasteiger partial charge is 0.481 e. The van der Waals surface area contributed by atoms with Crippen molar-refractivity contribution in [1.82, 2.24) is 29.7 Å². The topological polar surface area (TPSA) is 134 Å². The van der Waals surface area contributed by atoms with Crippen molar-refractivity contribution in [3.63, 3.8) is 0 Å². The lowest BCUT2D eigenvalue weighted by Crippen LogP contribution is -2.33. The molecule has 2 unspecified atom stereocenters. The molecule has 36 heavy (non-hydrogen) atoms. The number of hydrogen-bond donors (Lipinski definition) is 1. The van der Waals surface area contributed by atoms with E-state index in [1.165, 1.54) is 21.1 Å². The van der Waals surface area contributed by atoms with Crippen LogP contribution in [0.15, 0.2) is 54.9 Å². The zero-order valence-corrected chi connectivity index (χ0v) is 21.4. The highest BCUT2D eigenvalue weighted by Crippen LogP contribution is 2.29. The summed E-state index contributed by atoms with van der Waals surface area (Å²) in [7, 11) is -1.09. The van der Waals surface area contributed by atoms with Crippen LogP contribution in [0.1, 0.15) is 30.0 Å². The second-order valence-electron chi connectivity index (χ2n) is 8.21. The average molecular weight is 510 g/mol. The van der Waals surface area contributed by atoms with Gasteiger partial charge in [-0.15, -0.1) is 10.2 Å². The van der Waals surface area contributed by atoms with Crippen LogP contribution in [0.4, 0.5) is 5.95 Å². The van der Waals surface area contributed by atoms with Gasteiger partial charge in [0.25, 0.3) is 0 Å². The molecule has 0 fully saturated rings. The van der Waals surface area contributed by atoms with Crippen LogP contribution in [0.25, 0.3) is 17.2 Å². The van der Waals surface area contributed by atoms with Gasteiger partial charge >= 0.3 is 0 Å². The summed E-state index contributed by atoms with van der Waals surface area (Å²) in [6.45, 7) is 5.31. The fraction of sp³-hybridized carbons (Fsp3) is 0.292. The molecule has 0 spiro atoms. The summed E-state index contributed by atoms with van der Waals surface area (Å²) in [6.07, 6.45) is 2.32. The van der Waals surface area contributed by atoms with Gasteiger partial charge in [0, 0.05) is 25.6 Å². The van der Waals surface area contributed by atoms with Crippen molar-refractivity contribution in [2.75, 3.05) is 18.9 Å². The predicted octanol–water partition coefficient (Wildman–Crippen LogP) is 3.26. The summed E-state index contributed by atoms with van der Waals surface area (Å²) in [6, 6.07) is 12.8. The van der Waals surface area contributed by atoms with Gasteiger partial charge < -0.3 is 9.47 Å². The summed E-state index contributed by atoms with van der Waals surface area (Å²) in [5.41, 5.74) is 2.95. The molecule has 11 nitrogen and oxygen atoms in total. The highest BCUT2D eigenvalue weighted by atomic mass is 32.2. The highest BCUT2D eigenvalue weighted by Gasteiger charge is 2.34. The van der Waals surface area contributed by atoms with Crippen molar-refractivity contribution < 1.29 is 17.9 Å². The van der Waals surface area contributed by atoms with E-state index in [1.807, 2.05) is 38.1 Å². The zero-order chi connectivity index (χ0) is 25.9. The number of nitrogens with zero attached hydrogens (tertiary/aromatic N) is 6. The van der Waals surface area contributed by atoms with Gasteiger partial charge in [0.05, 0.1) is 12.8 Å². The average Bonchev–Trinajstić information content (AvgIpc) is 3.28. The number of sulfonamides is 1. The Morgan fingerprint density at radius 3 is 2.36 bits per heavy atom. The molecule has 12 heteroatoms. The molecule has 0 saturated carbocycles. The number of aryl methyl sites for hydroxylation is 2. The Morgan fingerprint density at radius 2 is 1.69 bits per heavy atom. The second kappa shape index (κ2) is 10.4. The van der Waals surface area contributed by atoms with Crippen molar-refractivity contribution in [1.29, 1.82) is 0 Å². The van der Waals surface area contributed by atoms with Crippen LogP contribution < -0.4 is 9.46 Å². The lowest BCUT2D eigenvalue weighted by atomic mass is 10.2. The van der Waals surface area contributed by atoms with Crippen molar-refractivity contribution in [3.05, 3.63) is 71.8 Å². The standard InChI is InChI=1S/C24H27N7O4S/c1-15-8-6-9-18(12-15)31-23(19-10-7-11-20(27-19)34-4)28-29-24(31)30-36(32,33)17(3)21(35-5)22-25-13-16(2)14-26-22/h6-14,17,21H,1-5H3,(H,29,30). The predicted molar refractivity (Wildman–Crippen MR) is 134 cm³/mol. The monoisotopic (exact) mass is 509 g/mol. The molecule has 4 aromatic rings. The number of nitrogens with one attached hydrogen (secondary N) is 1. The van der Waals surface area contributed by atoms with Crippen LogP contribution in [0.3, 0.4) is 0 Å². The Balaban J connectivity index is 1.76. The minimum absolute atomic E-state index is 0.00625. The minimum atomic E-state index is -4.03. The number of aromatic nitrogens is 6. The molecule has 1 aromatic carbocycles. The molecule has 1 N–H and O–H groups in total. The smallest absolute Gasteiger partial charge is 0.243 e. The van der Waals surface area contributed by atoms with Crippen LogP contribution in [0.5, 0.6) is 5.88 Å². The summed E-state index contributed by atoms with van der Waals surface area (Å²) in [5, 5.41) is 7.37. The van der Waals surface area contributed by atoms with Crippen molar-refractivity contribution in [2.45, 2.75) is 32.1 Å². The van der Waals surface area contributed by atoms with E-state index in [1.54, 1.807) is 35.2 Å². The normalized spacial score (nSPS) is 13.2. The van der Waals surface area contributed by atoms with Crippen LogP contribution in [-0.4, -0.2) is 57.6 Å². The van der Waals surface area contributed by atoms with Crippen LogP contribution in [-0.2, 0) is 14.8 Å². The Hall–Kier alpha value is -3.90. The van der Waals surface area contributed by atoms with Gasteiger partial charge in [0.2, 0.25) is 21.9 Å². The third kappa shape index (κ3) is 5.19. The molecule has 4 rings (SSSR count). The SMILES string of the molecule is COc1cccc(-c2nnc(NS(=O)(=O)C(C)C(OC)c3ncc(C)cn3)n2-c2cccc(C)c2)n1. The highest BCUT2D eigenvalue weighted by molar-refractivity contribution is 7.93. The number of hydrogen-bond acceptors (Lipinski definition) is 9. The Kier molecular flexibility index (Phi) is 7.27. The van der Waals surface area contributed by atoms with Gasteiger partial charge in [0.1, 0.15) is 17.0 Å². The molecule has 0 saturated heterocycles. The third-order valence-corrected chi connectivity index (χ3v) is 7.24. The summed E-state index contributed by atoms with van der Waals surface area (Å²) < 4.78 is 41.9. The molecule has 0 bridgehead atoms. The van der Waals surface area contributed by atoms with Gasteiger partial charge in [0.15, 0.2) is 11.6 Å². The van der Waals surface area contributed by atoms with E-state index < -0.39 is 21.4 Å². The Bertz CT molecular complexity index is 1460. The van der Waals surface area contributed by atoms with E-state index in [0.29, 0.717) is 23.1 Å². The zero-order valence-electron chi connectivity index (χ0n) is 20.6. The lowest BCUT2D eigenvalue weighted by Gasteiger charge is -2.22. The molecule has 3 aromatic heterocycles. The van der Waals surface area contributed by atoms with Gasteiger partial charge in [-0.1, -0.05) is 18.2 Å². The molecule has 0 aliphatic heterocycles. The van der Waals surface area contributed by atoms with Crippen LogP contribution >= 0.6 is 0 Å². The lowest BCUT2D eigenvalue weighted by molar-refractivity contribution is 0.0949. The summed E-state index contributed by atoms with van der Waals surface area (Å²) in [5.74, 6) is 1.01. The fourth-order valence-corrected chi connectivity index (χ4v) is 4.75. The molecular weight excluding hydrogens is 482 g/mol.